The summed E-state index contributed by atoms with van der Waals surface area (Å²) in [6, 6.07) is 15.2. The summed E-state index contributed by atoms with van der Waals surface area (Å²) in [6.45, 7) is 4.34. The van der Waals surface area contributed by atoms with Gasteiger partial charge in [-0.15, -0.1) is 0 Å². The summed E-state index contributed by atoms with van der Waals surface area (Å²) in [5, 5.41) is 14.1. The van der Waals surface area contributed by atoms with Crippen LogP contribution in [0.25, 0.3) is 22.4 Å². The Balaban J connectivity index is 1.29. The smallest absolute Gasteiger partial charge is 0.279 e. The molecule has 2 amide bonds. The summed E-state index contributed by atoms with van der Waals surface area (Å²) in [6.07, 6.45) is 3.20. The SMILES string of the molecule is COc1nc(-c2cccc(-c3cccc(NC(=O)c4cc(C)nn(C)c4=O)c3C)c2Cl)cc2c1[C@@H](NC[C@@H]1CCC(=O)N1)CC2. The molecule has 45 heavy (non-hydrogen) atoms. The van der Waals surface area contributed by atoms with Crippen LogP contribution in [0.3, 0.4) is 0 Å². The number of nitrogens with one attached hydrogen (secondary N) is 3. The number of carbonyl (C=O) groups is 2. The first kappa shape index (κ1) is 30.5. The molecule has 3 N–H and O–H groups in total. The number of methoxy groups -OCH3 is 1. The summed E-state index contributed by atoms with van der Waals surface area (Å²) in [7, 11) is 3.15. The van der Waals surface area contributed by atoms with Crippen LogP contribution < -0.4 is 26.2 Å². The molecule has 0 saturated carbocycles. The second-order valence-corrected chi connectivity index (χ2v) is 12.0. The lowest BCUT2D eigenvalue weighted by atomic mass is 9.96. The molecule has 1 aliphatic heterocycles. The van der Waals surface area contributed by atoms with Crippen LogP contribution >= 0.6 is 11.6 Å². The van der Waals surface area contributed by atoms with E-state index in [0.717, 1.165) is 57.3 Å². The molecule has 1 saturated heterocycles. The van der Waals surface area contributed by atoms with Crippen LogP contribution in [0, 0.1) is 13.8 Å². The molecule has 0 bridgehead atoms. The lowest BCUT2D eigenvalue weighted by Gasteiger charge is -2.20. The molecule has 6 rings (SSSR count). The number of hydrogen-bond acceptors (Lipinski definition) is 7. The highest BCUT2D eigenvalue weighted by atomic mass is 35.5. The van der Waals surface area contributed by atoms with Crippen molar-refractivity contribution in [2.45, 2.75) is 51.6 Å². The third kappa shape index (κ3) is 5.95. The minimum absolute atomic E-state index is 0.0224. The number of nitrogens with zero attached hydrogens (tertiary/aromatic N) is 3. The van der Waals surface area contributed by atoms with E-state index in [9.17, 15) is 14.4 Å². The number of fused-ring (bicyclic) bond motifs is 1. The molecule has 1 fully saturated rings. The average Bonchev–Trinajstić information content (AvgIpc) is 3.64. The van der Waals surface area contributed by atoms with Crippen LogP contribution in [0.1, 0.15) is 58.0 Å². The molecular weight excluding hydrogens is 592 g/mol. The quantitative estimate of drug-likeness (QED) is 0.254. The number of halogens is 1. The molecule has 3 heterocycles. The number of aryl methyl sites for hydroxylation is 3. The number of ether oxygens (including phenoxy) is 1. The second-order valence-electron chi connectivity index (χ2n) is 11.6. The number of rotatable bonds is 8. The predicted octanol–water partition coefficient (Wildman–Crippen LogP) is 4.90. The lowest BCUT2D eigenvalue weighted by molar-refractivity contribution is -0.119. The summed E-state index contributed by atoms with van der Waals surface area (Å²) >= 11 is 7.10. The molecule has 2 aliphatic rings. The second kappa shape index (κ2) is 12.5. The van der Waals surface area contributed by atoms with Crippen molar-refractivity contribution in [2.24, 2.45) is 7.05 Å². The van der Waals surface area contributed by atoms with E-state index in [1.165, 1.54) is 13.1 Å². The van der Waals surface area contributed by atoms with E-state index < -0.39 is 11.5 Å². The number of anilines is 1. The molecular formula is C34H35ClN6O4. The normalized spacial score (nSPS) is 17.2. The minimum atomic E-state index is -0.503. The Morgan fingerprint density at radius 3 is 2.58 bits per heavy atom. The first-order chi connectivity index (χ1) is 21.6. The van der Waals surface area contributed by atoms with Gasteiger partial charge in [0.05, 0.1) is 23.5 Å². The zero-order chi connectivity index (χ0) is 31.8. The van der Waals surface area contributed by atoms with Gasteiger partial charge in [0.2, 0.25) is 11.8 Å². The fraction of sp³-hybridized carbons (Fsp3) is 0.324. The molecule has 4 aromatic rings. The maximum Gasteiger partial charge on any atom is 0.279 e. The van der Waals surface area contributed by atoms with Gasteiger partial charge in [-0.25, -0.2) is 9.67 Å². The van der Waals surface area contributed by atoms with E-state index in [2.05, 4.69) is 27.1 Å². The van der Waals surface area contributed by atoms with Crippen molar-refractivity contribution in [3.8, 4) is 28.3 Å². The van der Waals surface area contributed by atoms with Crippen molar-refractivity contribution in [2.75, 3.05) is 19.0 Å². The van der Waals surface area contributed by atoms with Crippen molar-refractivity contribution in [3.05, 3.63) is 91.9 Å². The maximum atomic E-state index is 13.1. The minimum Gasteiger partial charge on any atom is -0.481 e. The van der Waals surface area contributed by atoms with E-state index in [1.54, 1.807) is 20.1 Å². The third-order valence-electron chi connectivity index (χ3n) is 8.63. The molecule has 2 aromatic carbocycles. The zero-order valence-corrected chi connectivity index (χ0v) is 26.4. The standard InChI is InChI=1S/C34H35ClN6O4/c1-18-15-25(34(44)41(3)40-18)32(43)38-26-10-6-7-22(19(26)2)23-8-5-9-24(31(23)35)28-16-20-11-13-27(30(20)33(39-28)45-4)36-17-21-12-14-29(42)37-21/h5-10,15-16,21,27,36H,11-14,17H2,1-4H3,(H,37,42)(H,38,43)/t21-,27-/m0/s1. The van der Waals surface area contributed by atoms with Gasteiger partial charge in [-0.1, -0.05) is 41.9 Å². The van der Waals surface area contributed by atoms with Gasteiger partial charge in [-0.05, 0) is 68.0 Å². The van der Waals surface area contributed by atoms with Crippen LogP contribution in [0.15, 0.2) is 53.3 Å². The Morgan fingerprint density at radius 1 is 1.07 bits per heavy atom. The van der Waals surface area contributed by atoms with Crippen molar-refractivity contribution < 1.29 is 14.3 Å². The summed E-state index contributed by atoms with van der Waals surface area (Å²) in [5.74, 6) is 0.166. The number of carbonyl (C=O) groups excluding carboxylic acids is 2. The molecule has 2 aromatic heterocycles. The molecule has 0 spiro atoms. The molecule has 1 aliphatic carbocycles. The monoisotopic (exact) mass is 626 g/mol. The van der Waals surface area contributed by atoms with Gasteiger partial charge in [-0.3, -0.25) is 14.4 Å². The maximum absolute atomic E-state index is 13.1. The van der Waals surface area contributed by atoms with Gasteiger partial charge >= 0.3 is 0 Å². The topological polar surface area (TPSA) is 127 Å². The van der Waals surface area contributed by atoms with Crippen molar-refractivity contribution in [3.63, 3.8) is 0 Å². The molecule has 232 valence electrons. The fourth-order valence-corrected chi connectivity index (χ4v) is 6.65. The van der Waals surface area contributed by atoms with Gasteiger partial charge in [0.25, 0.3) is 11.5 Å². The Bertz CT molecular complexity index is 1890. The number of hydrogen-bond donors (Lipinski definition) is 3. The highest BCUT2D eigenvalue weighted by Crippen LogP contribution is 2.43. The number of aromatic nitrogens is 3. The average molecular weight is 627 g/mol. The Labute approximate surface area is 266 Å². The van der Waals surface area contributed by atoms with Crippen LogP contribution in [0.2, 0.25) is 5.02 Å². The van der Waals surface area contributed by atoms with Gasteiger partial charge in [0.1, 0.15) is 5.56 Å². The molecule has 0 radical (unpaired) electrons. The van der Waals surface area contributed by atoms with Gasteiger partial charge in [0.15, 0.2) is 0 Å². The largest absolute Gasteiger partial charge is 0.481 e. The van der Waals surface area contributed by atoms with E-state index in [1.807, 2.05) is 37.3 Å². The third-order valence-corrected chi connectivity index (χ3v) is 9.03. The van der Waals surface area contributed by atoms with Gasteiger partial charge in [0, 0.05) is 54.5 Å². The summed E-state index contributed by atoms with van der Waals surface area (Å²) in [5.41, 5.74) is 6.83. The van der Waals surface area contributed by atoms with Crippen LogP contribution in [0.4, 0.5) is 5.69 Å². The summed E-state index contributed by atoms with van der Waals surface area (Å²) < 4.78 is 6.95. The van der Waals surface area contributed by atoms with E-state index in [0.29, 0.717) is 40.9 Å². The first-order valence-corrected chi connectivity index (χ1v) is 15.4. The molecule has 10 nitrogen and oxygen atoms in total. The number of pyridine rings is 1. The fourth-order valence-electron chi connectivity index (χ4n) is 6.33. The van der Waals surface area contributed by atoms with Crippen molar-refractivity contribution >= 4 is 29.1 Å². The highest BCUT2D eigenvalue weighted by molar-refractivity contribution is 6.36. The van der Waals surface area contributed by atoms with Crippen LogP contribution in [-0.4, -0.2) is 46.3 Å². The van der Waals surface area contributed by atoms with Gasteiger partial charge < -0.3 is 20.7 Å². The summed E-state index contributed by atoms with van der Waals surface area (Å²) in [4.78, 5) is 42.2. The van der Waals surface area contributed by atoms with Crippen molar-refractivity contribution in [1.29, 1.82) is 0 Å². The predicted molar refractivity (Wildman–Crippen MR) is 174 cm³/mol. The zero-order valence-electron chi connectivity index (χ0n) is 25.7. The Hall–Kier alpha value is -4.54. The van der Waals surface area contributed by atoms with E-state index in [4.69, 9.17) is 21.3 Å². The molecule has 2 atom stereocenters. The van der Waals surface area contributed by atoms with E-state index in [-0.39, 0.29) is 23.6 Å². The molecule has 0 unspecified atom stereocenters. The van der Waals surface area contributed by atoms with Crippen molar-refractivity contribution in [1.82, 2.24) is 25.4 Å². The Kier molecular flexibility index (Phi) is 8.44. The van der Waals surface area contributed by atoms with Crippen LogP contribution in [0.5, 0.6) is 5.88 Å². The lowest BCUT2D eigenvalue weighted by Crippen LogP contribution is -2.36. The Morgan fingerprint density at radius 2 is 1.82 bits per heavy atom. The highest BCUT2D eigenvalue weighted by Gasteiger charge is 2.30. The van der Waals surface area contributed by atoms with E-state index >= 15 is 0 Å². The first-order valence-electron chi connectivity index (χ1n) is 15.0. The van der Waals surface area contributed by atoms with Crippen LogP contribution in [-0.2, 0) is 18.3 Å². The number of amides is 2. The van der Waals surface area contributed by atoms with Gasteiger partial charge in [-0.2, -0.15) is 5.10 Å². The number of benzene rings is 2. The molecule has 11 heteroatoms.